The van der Waals surface area contributed by atoms with Gasteiger partial charge in [0.05, 0.1) is 12.3 Å². The van der Waals surface area contributed by atoms with E-state index in [0.29, 0.717) is 6.61 Å². The van der Waals surface area contributed by atoms with E-state index < -0.39 is 0 Å². The molecule has 1 aromatic heterocycles. The zero-order valence-electron chi connectivity index (χ0n) is 10.2. The van der Waals surface area contributed by atoms with Gasteiger partial charge in [0.15, 0.2) is 0 Å². The maximum absolute atomic E-state index is 5.49. The van der Waals surface area contributed by atoms with Crippen molar-refractivity contribution in [2.24, 2.45) is 0 Å². The molecule has 2 rings (SSSR count). The van der Waals surface area contributed by atoms with Gasteiger partial charge in [0.25, 0.3) is 0 Å². The summed E-state index contributed by atoms with van der Waals surface area (Å²) in [6.07, 6.45) is 3.72. The predicted octanol–water partition coefficient (Wildman–Crippen LogP) is 2.70. The molecule has 1 aromatic carbocycles. The van der Waals surface area contributed by atoms with Gasteiger partial charge in [-0.05, 0) is 26.0 Å². The van der Waals surface area contributed by atoms with Crippen LogP contribution in [0.25, 0.3) is 5.69 Å². The number of nitrogens with zero attached hydrogens (tertiary/aromatic N) is 2. The van der Waals surface area contributed by atoms with Gasteiger partial charge in [-0.1, -0.05) is 6.07 Å². The van der Waals surface area contributed by atoms with Crippen LogP contribution in [0.3, 0.4) is 0 Å². The lowest BCUT2D eigenvalue weighted by Gasteiger charge is -2.10. The average Bonchev–Trinajstić information content (AvgIpc) is 2.79. The Bertz CT molecular complexity index is 479. The number of hydrogen-bond donors (Lipinski definition) is 1. The van der Waals surface area contributed by atoms with Crippen molar-refractivity contribution in [3.8, 4) is 11.4 Å². The molecule has 17 heavy (non-hydrogen) atoms. The predicted molar refractivity (Wildman–Crippen MR) is 68.9 cm³/mol. The second-order valence-electron chi connectivity index (χ2n) is 3.58. The lowest BCUT2D eigenvalue weighted by atomic mass is 10.3. The largest absolute Gasteiger partial charge is 0.494 e. The third-order valence-electron chi connectivity index (χ3n) is 2.38. The molecule has 0 saturated carbocycles. The number of nitrogens with one attached hydrogen (secondary N) is 1. The number of benzene rings is 1. The van der Waals surface area contributed by atoms with Crippen LogP contribution in [0.4, 0.5) is 5.95 Å². The van der Waals surface area contributed by atoms with Gasteiger partial charge in [0, 0.05) is 25.0 Å². The molecular weight excluding hydrogens is 214 g/mol. The molecule has 0 saturated heterocycles. The van der Waals surface area contributed by atoms with Gasteiger partial charge < -0.3 is 10.1 Å². The van der Waals surface area contributed by atoms with Crippen molar-refractivity contribution in [2.45, 2.75) is 13.8 Å². The van der Waals surface area contributed by atoms with E-state index in [0.717, 1.165) is 23.9 Å². The molecule has 0 radical (unpaired) electrons. The molecule has 1 heterocycles. The molecule has 0 spiro atoms. The van der Waals surface area contributed by atoms with Gasteiger partial charge in [0.1, 0.15) is 5.75 Å². The molecule has 2 aromatic rings. The summed E-state index contributed by atoms with van der Waals surface area (Å²) >= 11 is 0. The first-order valence-electron chi connectivity index (χ1n) is 5.85. The Morgan fingerprint density at radius 2 is 2.24 bits per heavy atom. The lowest BCUT2D eigenvalue weighted by Crippen LogP contribution is -2.05. The van der Waals surface area contributed by atoms with E-state index in [9.17, 15) is 0 Å². The van der Waals surface area contributed by atoms with E-state index in [1.165, 1.54) is 0 Å². The SMILES string of the molecule is CCNc1nccn1-c1cccc(OCC)c1. The van der Waals surface area contributed by atoms with Crippen LogP contribution in [-0.4, -0.2) is 22.7 Å². The summed E-state index contributed by atoms with van der Waals surface area (Å²) in [5.74, 6) is 1.72. The summed E-state index contributed by atoms with van der Waals surface area (Å²) in [6.45, 7) is 5.55. The standard InChI is InChI=1S/C13H17N3O/c1-3-14-13-15-8-9-16(13)11-6-5-7-12(10-11)17-4-2/h5-10H,3-4H2,1-2H3,(H,14,15). The van der Waals surface area contributed by atoms with Crippen LogP contribution in [0, 0.1) is 0 Å². The van der Waals surface area contributed by atoms with Crippen molar-refractivity contribution in [2.75, 3.05) is 18.5 Å². The van der Waals surface area contributed by atoms with E-state index in [-0.39, 0.29) is 0 Å². The van der Waals surface area contributed by atoms with Gasteiger partial charge >= 0.3 is 0 Å². The normalized spacial score (nSPS) is 10.2. The molecule has 4 nitrogen and oxygen atoms in total. The molecule has 0 aliphatic heterocycles. The van der Waals surface area contributed by atoms with Crippen LogP contribution >= 0.6 is 0 Å². The quantitative estimate of drug-likeness (QED) is 0.860. The second-order valence-corrected chi connectivity index (χ2v) is 3.58. The van der Waals surface area contributed by atoms with Crippen LogP contribution in [0.2, 0.25) is 0 Å². The molecule has 0 unspecified atom stereocenters. The zero-order chi connectivity index (χ0) is 12.1. The fourth-order valence-corrected chi connectivity index (χ4v) is 1.69. The minimum Gasteiger partial charge on any atom is -0.494 e. The minimum atomic E-state index is 0.674. The third-order valence-corrected chi connectivity index (χ3v) is 2.38. The Labute approximate surface area is 101 Å². The number of anilines is 1. The fourth-order valence-electron chi connectivity index (χ4n) is 1.69. The van der Waals surface area contributed by atoms with Crippen LogP contribution in [0.5, 0.6) is 5.75 Å². The summed E-state index contributed by atoms with van der Waals surface area (Å²) < 4.78 is 7.50. The summed E-state index contributed by atoms with van der Waals surface area (Å²) in [5.41, 5.74) is 1.05. The first-order valence-corrected chi connectivity index (χ1v) is 5.85. The molecule has 0 fully saturated rings. The van der Waals surface area contributed by atoms with Gasteiger partial charge in [-0.2, -0.15) is 0 Å². The summed E-state index contributed by atoms with van der Waals surface area (Å²) in [7, 11) is 0. The Morgan fingerprint density at radius 3 is 3.00 bits per heavy atom. The second kappa shape index (κ2) is 5.39. The smallest absolute Gasteiger partial charge is 0.207 e. The Kier molecular flexibility index (Phi) is 3.65. The molecule has 0 atom stereocenters. The van der Waals surface area contributed by atoms with Crippen molar-refractivity contribution in [1.29, 1.82) is 0 Å². The van der Waals surface area contributed by atoms with Crippen molar-refractivity contribution < 1.29 is 4.74 Å². The highest BCUT2D eigenvalue weighted by Gasteiger charge is 2.04. The highest BCUT2D eigenvalue weighted by molar-refractivity contribution is 5.45. The minimum absolute atomic E-state index is 0.674. The Hall–Kier alpha value is -1.97. The van der Waals surface area contributed by atoms with Gasteiger partial charge in [-0.3, -0.25) is 4.57 Å². The number of imidazole rings is 1. The highest BCUT2D eigenvalue weighted by Crippen LogP contribution is 2.19. The maximum Gasteiger partial charge on any atom is 0.207 e. The topological polar surface area (TPSA) is 39.1 Å². The molecule has 0 aliphatic rings. The molecule has 4 heteroatoms. The number of ether oxygens (including phenoxy) is 1. The van der Waals surface area contributed by atoms with Crippen LogP contribution in [0.15, 0.2) is 36.7 Å². The van der Waals surface area contributed by atoms with Crippen LogP contribution in [0.1, 0.15) is 13.8 Å². The van der Waals surface area contributed by atoms with E-state index >= 15 is 0 Å². The van der Waals surface area contributed by atoms with E-state index in [2.05, 4.69) is 17.2 Å². The third kappa shape index (κ3) is 2.58. The first kappa shape index (κ1) is 11.5. The molecular formula is C13H17N3O. The monoisotopic (exact) mass is 231 g/mol. The van der Waals surface area contributed by atoms with Crippen molar-refractivity contribution in [3.05, 3.63) is 36.7 Å². The first-order chi connectivity index (χ1) is 8.35. The molecule has 0 amide bonds. The summed E-state index contributed by atoms with van der Waals surface area (Å²) in [4.78, 5) is 4.27. The summed E-state index contributed by atoms with van der Waals surface area (Å²) in [5, 5.41) is 3.22. The van der Waals surface area contributed by atoms with E-state index in [4.69, 9.17) is 4.74 Å². The van der Waals surface area contributed by atoms with Crippen molar-refractivity contribution in [3.63, 3.8) is 0 Å². The maximum atomic E-state index is 5.49. The fraction of sp³-hybridized carbons (Fsp3) is 0.308. The van der Waals surface area contributed by atoms with Crippen LogP contribution in [-0.2, 0) is 0 Å². The van der Waals surface area contributed by atoms with E-state index in [1.54, 1.807) is 6.20 Å². The molecule has 1 N–H and O–H groups in total. The van der Waals surface area contributed by atoms with Gasteiger partial charge in [-0.15, -0.1) is 0 Å². The van der Waals surface area contributed by atoms with Crippen molar-refractivity contribution in [1.82, 2.24) is 9.55 Å². The Morgan fingerprint density at radius 1 is 1.35 bits per heavy atom. The van der Waals surface area contributed by atoms with E-state index in [1.807, 2.05) is 42.0 Å². The molecule has 0 aliphatic carbocycles. The number of rotatable bonds is 5. The molecule has 0 bridgehead atoms. The Balaban J connectivity index is 2.31. The zero-order valence-corrected chi connectivity index (χ0v) is 10.2. The van der Waals surface area contributed by atoms with Gasteiger partial charge in [-0.25, -0.2) is 4.98 Å². The van der Waals surface area contributed by atoms with Gasteiger partial charge in [0.2, 0.25) is 5.95 Å². The average molecular weight is 231 g/mol. The molecule has 90 valence electrons. The van der Waals surface area contributed by atoms with Crippen LogP contribution < -0.4 is 10.1 Å². The number of aromatic nitrogens is 2. The highest BCUT2D eigenvalue weighted by atomic mass is 16.5. The summed E-state index contributed by atoms with van der Waals surface area (Å²) in [6, 6.07) is 7.98. The van der Waals surface area contributed by atoms with Crippen molar-refractivity contribution >= 4 is 5.95 Å². The lowest BCUT2D eigenvalue weighted by molar-refractivity contribution is 0.340. The number of hydrogen-bond acceptors (Lipinski definition) is 3.